The minimum atomic E-state index is 0.180. The summed E-state index contributed by atoms with van der Waals surface area (Å²) in [5, 5.41) is 8.15. The van der Waals surface area contributed by atoms with Gasteiger partial charge in [0.05, 0.1) is 0 Å². The van der Waals surface area contributed by atoms with E-state index in [0.29, 0.717) is 16.3 Å². The van der Waals surface area contributed by atoms with Gasteiger partial charge in [0.15, 0.2) is 5.82 Å². The van der Waals surface area contributed by atoms with Crippen molar-refractivity contribution < 1.29 is 0 Å². The summed E-state index contributed by atoms with van der Waals surface area (Å²) in [6.45, 7) is 1.87. The number of nitrogen functional groups attached to an aromatic ring is 1. The maximum Gasteiger partial charge on any atom is 0.254 e. The van der Waals surface area contributed by atoms with Crippen LogP contribution in [0.2, 0.25) is 0 Å². The molecule has 0 amide bonds. The molecule has 17 heavy (non-hydrogen) atoms. The Hall–Kier alpha value is -2.03. The Kier molecular flexibility index (Phi) is 2.08. The van der Waals surface area contributed by atoms with E-state index in [2.05, 4.69) is 41.1 Å². The Morgan fingerprint density at radius 3 is 2.88 bits per heavy atom. The quantitative estimate of drug-likeness (QED) is 0.695. The van der Waals surface area contributed by atoms with E-state index in [1.165, 1.54) is 11.0 Å². The number of nitrogens with two attached hydrogens (primary N) is 1. The molecule has 0 aromatic carbocycles. The van der Waals surface area contributed by atoms with Crippen LogP contribution in [-0.2, 0) is 0 Å². The van der Waals surface area contributed by atoms with Crippen molar-refractivity contribution in [3.63, 3.8) is 0 Å². The van der Waals surface area contributed by atoms with Crippen LogP contribution >= 0.6 is 15.9 Å². The van der Waals surface area contributed by atoms with Crippen molar-refractivity contribution in [3.8, 4) is 5.82 Å². The summed E-state index contributed by atoms with van der Waals surface area (Å²) in [6, 6.07) is 1.82. The van der Waals surface area contributed by atoms with Gasteiger partial charge in [-0.3, -0.25) is 0 Å². The van der Waals surface area contributed by atoms with Gasteiger partial charge in [0.2, 0.25) is 10.7 Å². The molecule has 9 heteroatoms. The van der Waals surface area contributed by atoms with Crippen molar-refractivity contribution in [1.29, 1.82) is 0 Å². The molecular weight excluding hydrogens is 288 g/mol. The lowest BCUT2D eigenvalue weighted by atomic mass is 10.4. The molecule has 0 aliphatic heterocycles. The third-order valence-corrected chi connectivity index (χ3v) is 2.68. The van der Waals surface area contributed by atoms with Crippen LogP contribution in [0.15, 0.2) is 17.1 Å². The van der Waals surface area contributed by atoms with Crippen LogP contribution in [0.1, 0.15) is 5.69 Å². The Labute approximate surface area is 104 Å². The minimum absolute atomic E-state index is 0.180. The number of rotatable bonds is 1. The number of anilines is 1. The molecule has 2 N–H and O–H groups in total. The molecule has 3 heterocycles. The minimum Gasteiger partial charge on any atom is -0.366 e. The highest BCUT2D eigenvalue weighted by molar-refractivity contribution is 9.10. The van der Waals surface area contributed by atoms with E-state index in [9.17, 15) is 0 Å². The molecule has 0 unspecified atom stereocenters. The zero-order valence-corrected chi connectivity index (χ0v) is 10.3. The first-order valence-electron chi connectivity index (χ1n) is 4.71. The molecule has 0 radical (unpaired) electrons. The summed E-state index contributed by atoms with van der Waals surface area (Å²) >= 11 is 3.28. The fourth-order valence-corrected chi connectivity index (χ4v) is 1.96. The van der Waals surface area contributed by atoms with E-state index >= 15 is 0 Å². The van der Waals surface area contributed by atoms with Gasteiger partial charge < -0.3 is 5.73 Å². The molecule has 0 atom stereocenters. The first-order chi connectivity index (χ1) is 8.15. The standard InChI is InChI=1S/C8H7BrN8/c1-4-2-5(16-6(9)14-7(10)15-16)17-8(13-4)11-3-12-17/h2-3H,1H3,(H2,10,15). The number of aromatic nitrogens is 7. The van der Waals surface area contributed by atoms with E-state index in [1.807, 2.05) is 13.0 Å². The highest BCUT2D eigenvalue weighted by atomic mass is 79.9. The van der Waals surface area contributed by atoms with Crippen molar-refractivity contribution >= 4 is 27.7 Å². The van der Waals surface area contributed by atoms with Gasteiger partial charge in [-0.15, -0.1) is 5.10 Å². The predicted molar refractivity (Wildman–Crippen MR) is 62.5 cm³/mol. The summed E-state index contributed by atoms with van der Waals surface area (Å²) in [5.74, 6) is 1.35. The van der Waals surface area contributed by atoms with Gasteiger partial charge in [-0.1, -0.05) is 0 Å². The predicted octanol–water partition coefficient (Wildman–Crippen LogP) is 0.358. The topological polar surface area (TPSA) is 99.8 Å². The summed E-state index contributed by atoms with van der Waals surface area (Å²) in [5.41, 5.74) is 6.35. The molecule has 3 aromatic heterocycles. The first-order valence-corrected chi connectivity index (χ1v) is 5.50. The average molecular weight is 295 g/mol. The monoisotopic (exact) mass is 294 g/mol. The summed E-state index contributed by atoms with van der Waals surface area (Å²) in [7, 11) is 0. The molecule has 8 nitrogen and oxygen atoms in total. The fourth-order valence-electron chi connectivity index (χ4n) is 1.52. The highest BCUT2D eigenvalue weighted by Crippen LogP contribution is 2.16. The van der Waals surface area contributed by atoms with E-state index < -0.39 is 0 Å². The number of halogens is 1. The molecule has 0 aliphatic rings. The van der Waals surface area contributed by atoms with E-state index in [1.54, 1.807) is 4.52 Å². The van der Waals surface area contributed by atoms with Gasteiger partial charge in [0.25, 0.3) is 5.78 Å². The molecular formula is C8H7BrN8. The molecule has 3 rings (SSSR count). The molecule has 0 saturated carbocycles. The van der Waals surface area contributed by atoms with Crippen LogP contribution in [0.5, 0.6) is 0 Å². The van der Waals surface area contributed by atoms with Crippen molar-refractivity contribution in [3.05, 3.63) is 22.8 Å². The van der Waals surface area contributed by atoms with Crippen LogP contribution in [-0.4, -0.2) is 34.3 Å². The van der Waals surface area contributed by atoms with Gasteiger partial charge in [0, 0.05) is 11.8 Å². The maximum absolute atomic E-state index is 5.54. The molecule has 3 aromatic rings. The number of hydrogen-bond acceptors (Lipinski definition) is 6. The van der Waals surface area contributed by atoms with Gasteiger partial charge in [-0.25, -0.2) is 4.98 Å². The van der Waals surface area contributed by atoms with Crippen LogP contribution in [0.3, 0.4) is 0 Å². The zero-order chi connectivity index (χ0) is 12.0. The van der Waals surface area contributed by atoms with Crippen molar-refractivity contribution in [2.45, 2.75) is 6.92 Å². The van der Waals surface area contributed by atoms with Crippen LogP contribution in [0.4, 0.5) is 5.95 Å². The second-order valence-electron chi connectivity index (χ2n) is 3.38. The number of fused-ring (bicyclic) bond motifs is 1. The normalized spacial score (nSPS) is 11.2. The van der Waals surface area contributed by atoms with Crippen LogP contribution in [0.25, 0.3) is 11.6 Å². The third-order valence-electron chi connectivity index (χ3n) is 2.16. The molecule has 0 fully saturated rings. The average Bonchev–Trinajstić information content (AvgIpc) is 2.83. The SMILES string of the molecule is Cc1cc(-n2nc(N)nc2Br)n2ncnc2n1. The third kappa shape index (κ3) is 1.55. The van der Waals surface area contributed by atoms with Crippen LogP contribution in [0, 0.1) is 6.92 Å². The lowest BCUT2D eigenvalue weighted by Crippen LogP contribution is -2.08. The van der Waals surface area contributed by atoms with E-state index in [0.717, 1.165) is 5.69 Å². The lowest BCUT2D eigenvalue weighted by molar-refractivity contribution is 0.764. The second kappa shape index (κ2) is 3.48. The number of nitrogens with zero attached hydrogens (tertiary/aromatic N) is 7. The van der Waals surface area contributed by atoms with Crippen LogP contribution < -0.4 is 5.73 Å². The molecule has 0 saturated heterocycles. The highest BCUT2D eigenvalue weighted by Gasteiger charge is 2.12. The molecule has 0 aliphatic carbocycles. The van der Waals surface area contributed by atoms with Gasteiger partial charge >= 0.3 is 0 Å². The van der Waals surface area contributed by atoms with Crippen molar-refractivity contribution in [1.82, 2.24) is 34.3 Å². The van der Waals surface area contributed by atoms with E-state index in [4.69, 9.17) is 5.73 Å². The Bertz CT molecular complexity index is 699. The lowest BCUT2D eigenvalue weighted by Gasteiger charge is -2.04. The number of hydrogen-bond donors (Lipinski definition) is 1. The molecule has 86 valence electrons. The van der Waals surface area contributed by atoms with Crippen molar-refractivity contribution in [2.75, 3.05) is 5.73 Å². The zero-order valence-electron chi connectivity index (χ0n) is 8.74. The Morgan fingerprint density at radius 2 is 2.18 bits per heavy atom. The summed E-state index contributed by atoms with van der Waals surface area (Å²) < 4.78 is 3.59. The van der Waals surface area contributed by atoms with E-state index in [-0.39, 0.29) is 5.95 Å². The van der Waals surface area contributed by atoms with Gasteiger partial charge in [0.1, 0.15) is 6.33 Å². The van der Waals surface area contributed by atoms with Gasteiger partial charge in [-0.05, 0) is 22.9 Å². The summed E-state index contributed by atoms with van der Waals surface area (Å²) in [4.78, 5) is 12.2. The first kappa shape index (κ1) is 10.1. The summed E-state index contributed by atoms with van der Waals surface area (Å²) in [6.07, 6.45) is 1.43. The molecule has 0 spiro atoms. The van der Waals surface area contributed by atoms with Gasteiger partial charge in [-0.2, -0.15) is 24.3 Å². The maximum atomic E-state index is 5.54. The van der Waals surface area contributed by atoms with Crippen molar-refractivity contribution in [2.24, 2.45) is 0 Å². The largest absolute Gasteiger partial charge is 0.366 e. The number of aryl methyl sites for hydroxylation is 1. The second-order valence-corrected chi connectivity index (χ2v) is 4.09. The fraction of sp³-hybridized carbons (Fsp3) is 0.125. The Morgan fingerprint density at radius 1 is 1.35 bits per heavy atom. The molecule has 0 bridgehead atoms. The smallest absolute Gasteiger partial charge is 0.254 e. The Balaban J connectivity index is 2.36.